The minimum atomic E-state index is 0.432. The van der Waals surface area contributed by atoms with Gasteiger partial charge >= 0.3 is 0 Å². The maximum Gasteiger partial charge on any atom is 0.198 e. The van der Waals surface area contributed by atoms with Crippen molar-refractivity contribution in [3.63, 3.8) is 0 Å². The highest BCUT2D eigenvalue weighted by Crippen LogP contribution is 2.26. The van der Waals surface area contributed by atoms with Crippen LogP contribution >= 0.6 is 47.8 Å². The molecule has 0 aromatic heterocycles. The van der Waals surface area contributed by atoms with Gasteiger partial charge in [-0.25, -0.2) is 0 Å². The molecule has 0 saturated heterocycles. The van der Waals surface area contributed by atoms with Crippen molar-refractivity contribution in [3.8, 4) is 0 Å². The SMILES string of the molecule is O=[C]CCC(Br)=C(Br)Br. The van der Waals surface area contributed by atoms with E-state index < -0.39 is 0 Å². The summed E-state index contributed by atoms with van der Waals surface area (Å²) in [7, 11) is 0. The zero-order valence-corrected chi connectivity index (χ0v) is 9.21. The Kier molecular flexibility index (Phi) is 6.15. The van der Waals surface area contributed by atoms with E-state index in [0.717, 1.165) is 7.87 Å². The van der Waals surface area contributed by atoms with Crippen LogP contribution in [0.1, 0.15) is 12.8 Å². The molecule has 0 spiro atoms. The molecule has 0 aliphatic rings. The molecule has 0 aliphatic heterocycles. The molecule has 0 aromatic carbocycles. The Morgan fingerprint density at radius 3 is 2.22 bits per heavy atom. The van der Waals surface area contributed by atoms with E-state index in [1.165, 1.54) is 0 Å². The minimum Gasteiger partial charge on any atom is -0.291 e. The summed E-state index contributed by atoms with van der Waals surface area (Å²) in [6, 6.07) is 0. The molecule has 51 valence electrons. The predicted octanol–water partition coefficient (Wildman–Crippen LogP) is 3.23. The fourth-order valence-corrected chi connectivity index (χ4v) is 0.850. The first-order valence-corrected chi connectivity index (χ1v) is 4.61. The Labute approximate surface area is 79.3 Å². The number of rotatable bonds is 3. The van der Waals surface area contributed by atoms with Gasteiger partial charge < -0.3 is 0 Å². The zero-order chi connectivity index (χ0) is 7.28. The molecule has 0 atom stereocenters. The lowest BCUT2D eigenvalue weighted by molar-refractivity contribution is 0.551. The van der Waals surface area contributed by atoms with Crippen LogP contribution in [0.2, 0.25) is 0 Å². The maximum atomic E-state index is 9.73. The van der Waals surface area contributed by atoms with Gasteiger partial charge in [0.2, 0.25) is 0 Å². The van der Waals surface area contributed by atoms with Crippen LogP contribution in [0, 0.1) is 0 Å². The van der Waals surface area contributed by atoms with Crippen molar-refractivity contribution >= 4 is 54.1 Å². The largest absolute Gasteiger partial charge is 0.291 e. The monoisotopic (exact) mass is 317 g/mol. The lowest BCUT2D eigenvalue weighted by atomic mass is 10.3. The third-order valence-electron chi connectivity index (χ3n) is 0.652. The van der Waals surface area contributed by atoms with Crippen molar-refractivity contribution in [2.24, 2.45) is 0 Å². The summed E-state index contributed by atoms with van der Waals surface area (Å²) in [5, 5.41) is 0. The van der Waals surface area contributed by atoms with Crippen molar-refractivity contribution in [1.82, 2.24) is 0 Å². The molecule has 1 nitrogen and oxygen atoms in total. The van der Waals surface area contributed by atoms with E-state index in [0.29, 0.717) is 12.8 Å². The van der Waals surface area contributed by atoms with Crippen molar-refractivity contribution in [3.05, 3.63) is 7.87 Å². The van der Waals surface area contributed by atoms with Crippen LogP contribution in [0.5, 0.6) is 0 Å². The normalized spacial score (nSPS) is 8.78. The lowest BCUT2D eigenvalue weighted by Crippen LogP contribution is -1.75. The first kappa shape index (κ1) is 9.85. The molecule has 9 heavy (non-hydrogen) atoms. The van der Waals surface area contributed by atoms with Crippen molar-refractivity contribution in [2.75, 3.05) is 0 Å². The highest BCUT2D eigenvalue weighted by atomic mass is 79.9. The van der Waals surface area contributed by atoms with Gasteiger partial charge in [-0.15, -0.1) is 0 Å². The first-order valence-electron chi connectivity index (χ1n) is 2.23. The molecule has 1 radical (unpaired) electrons. The fraction of sp³-hybridized carbons (Fsp3) is 0.400. The number of hydrogen-bond donors (Lipinski definition) is 0. The molecule has 0 aliphatic carbocycles. The molecule has 0 amide bonds. The number of hydrogen-bond acceptors (Lipinski definition) is 1. The van der Waals surface area contributed by atoms with Gasteiger partial charge in [-0.2, -0.15) is 0 Å². The standard InChI is InChI=1S/C5H4Br3O/c6-4(5(7)8)2-1-3-9/h1-2H2. The first-order chi connectivity index (χ1) is 4.18. The van der Waals surface area contributed by atoms with E-state index in [9.17, 15) is 4.79 Å². The molecule has 0 fully saturated rings. The van der Waals surface area contributed by atoms with Gasteiger partial charge in [0.25, 0.3) is 0 Å². The summed E-state index contributed by atoms with van der Waals surface area (Å²) in [6.45, 7) is 0. The Bertz CT molecular complexity index is 126. The highest BCUT2D eigenvalue weighted by Gasteiger charge is 1.95. The topological polar surface area (TPSA) is 17.1 Å². The van der Waals surface area contributed by atoms with Crippen LogP contribution in [0.4, 0.5) is 0 Å². The van der Waals surface area contributed by atoms with Crippen LogP contribution < -0.4 is 0 Å². The summed E-state index contributed by atoms with van der Waals surface area (Å²) < 4.78 is 1.80. The zero-order valence-electron chi connectivity index (χ0n) is 4.46. The van der Waals surface area contributed by atoms with Gasteiger partial charge in [-0.1, -0.05) is 15.9 Å². The summed E-state index contributed by atoms with van der Waals surface area (Å²) in [5.74, 6) is 0. The molecule has 0 heterocycles. The van der Waals surface area contributed by atoms with Crippen LogP contribution in [0.15, 0.2) is 7.87 Å². The third-order valence-corrected chi connectivity index (χ3v) is 3.47. The summed E-state index contributed by atoms with van der Waals surface area (Å²) in [5.41, 5.74) is 0. The quantitative estimate of drug-likeness (QED) is 0.780. The summed E-state index contributed by atoms with van der Waals surface area (Å²) >= 11 is 9.63. The Morgan fingerprint density at radius 1 is 1.33 bits per heavy atom. The molecule has 4 heteroatoms. The molecule has 0 unspecified atom stereocenters. The highest BCUT2D eigenvalue weighted by molar-refractivity contribution is 9.29. The Hall–Kier alpha value is 0.850. The molecule has 0 N–H and O–H groups in total. The second kappa shape index (κ2) is 5.62. The van der Waals surface area contributed by atoms with E-state index >= 15 is 0 Å². The van der Waals surface area contributed by atoms with E-state index in [1.807, 2.05) is 0 Å². The number of allylic oxidation sites excluding steroid dienone is 1. The van der Waals surface area contributed by atoms with Gasteiger partial charge in [0.05, 0.1) is 3.39 Å². The smallest absolute Gasteiger partial charge is 0.198 e. The van der Waals surface area contributed by atoms with Gasteiger partial charge in [0.15, 0.2) is 6.29 Å². The van der Waals surface area contributed by atoms with E-state index in [2.05, 4.69) is 47.8 Å². The third kappa shape index (κ3) is 5.30. The summed E-state index contributed by atoms with van der Waals surface area (Å²) in [4.78, 5) is 9.73. The van der Waals surface area contributed by atoms with Crippen molar-refractivity contribution < 1.29 is 4.79 Å². The average molecular weight is 320 g/mol. The lowest BCUT2D eigenvalue weighted by Gasteiger charge is -1.91. The van der Waals surface area contributed by atoms with E-state index in [-0.39, 0.29) is 0 Å². The minimum absolute atomic E-state index is 0.432. The molecular formula is C5H4Br3O. The van der Waals surface area contributed by atoms with Crippen LogP contribution in [0.3, 0.4) is 0 Å². The Morgan fingerprint density at radius 2 is 1.89 bits per heavy atom. The van der Waals surface area contributed by atoms with Gasteiger partial charge in [0.1, 0.15) is 0 Å². The average Bonchev–Trinajstić information content (AvgIpc) is 1.82. The molecule has 0 bridgehead atoms. The van der Waals surface area contributed by atoms with Gasteiger partial charge in [0, 0.05) is 10.9 Å². The molecule has 0 aromatic rings. The molecular weight excluding hydrogens is 316 g/mol. The van der Waals surface area contributed by atoms with Crippen LogP contribution in [-0.2, 0) is 4.79 Å². The number of carbonyl (C=O) groups excluding carboxylic acids is 1. The molecule has 0 saturated carbocycles. The fourth-order valence-electron chi connectivity index (χ4n) is 0.255. The van der Waals surface area contributed by atoms with Gasteiger partial charge in [-0.05, 0) is 38.3 Å². The van der Waals surface area contributed by atoms with Crippen molar-refractivity contribution in [2.45, 2.75) is 12.8 Å². The predicted molar refractivity (Wildman–Crippen MR) is 48.7 cm³/mol. The van der Waals surface area contributed by atoms with Crippen LogP contribution in [-0.4, -0.2) is 6.29 Å². The Balaban J connectivity index is 3.62. The second-order valence-electron chi connectivity index (χ2n) is 1.31. The second-order valence-corrected chi connectivity index (χ2v) is 4.92. The van der Waals surface area contributed by atoms with Gasteiger partial charge in [-0.3, -0.25) is 4.79 Å². The van der Waals surface area contributed by atoms with Crippen LogP contribution in [0.25, 0.3) is 0 Å². The van der Waals surface area contributed by atoms with E-state index in [4.69, 9.17) is 0 Å². The number of halogens is 3. The van der Waals surface area contributed by atoms with Crippen molar-refractivity contribution in [1.29, 1.82) is 0 Å². The maximum absolute atomic E-state index is 9.73. The van der Waals surface area contributed by atoms with E-state index in [1.54, 1.807) is 6.29 Å². The molecule has 0 rings (SSSR count). The summed E-state index contributed by atoms with van der Waals surface area (Å²) in [6.07, 6.45) is 2.92.